The summed E-state index contributed by atoms with van der Waals surface area (Å²) in [6.45, 7) is 5.39. The van der Waals surface area contributed by atoms with Crippen molar-refractivity contribution in [1.29, 1.82) is 0 Å². The summed E-state index contributed by atoms with van der Waals surface area (Å²) in [6, 6.07) is 10.6. The van der Waals surface area contributed by atoms with E-state index in [4.69, 9.17) is 0 Å². The first kappa shape index (κ1) is 22.4. The van der Waals surface area contributed by atoms with Crippen molar-refractivity contribution in [3.63, 3.8) is 0 Å². The van der Waals surface area contributed by atoms with Gasteiger partial charge in [0.2, 0.25) is 0 Å². The SMILES string of the molecule is CN=C(NCc1ccc(F)cc1)NCc1ccc(N2CCN(C)CC2)nc1.I. The van der Waals surface area contributed by atoms with Gasteiger partial charge in [0, 0.05) is 52.5 Å². The number of pyridine rings is 1. The Bertz CT molecular complexity index is 742. The second kappa shape index (κ2) is 11.2. The molecular weight excluding hydrogens is 470 g/mol. The average molecular weight is 498 g/mol. The van der Waals surface area contributed by atoms with Gasteiger partial charge in [0.25, 0.3) is 0 Å². The van der Waals surface area contributed by atoms with Crippen LogP contribution in [0, 0.1) is 5.82 Å². The topological polar surface area (TPSA) is 55.8 Å². The highest BCUT2D eigenvalue weighted by molar-refractivity contribution is 14.0. The molecule has 0 spiro atoms. The summed E-state index contributed by atoms with van der Waals surface area (Å²) in [5.74, 6) is 1.50. The van der Waals surface area contributed by atoms with Gasteiger partial charge in [0.15, 0.2) is 5.96 Å². The minimum Gasteiger partial charge on any atom is -0.354 e. The molecule has 2 N–H and O–H groups in total. The van der Waals surface area contributed by atoms with Gasteiger partial charge in [-0.3, -0.25) is 4.99 Å². The van der Waals surface area contributed by atoms with E-state index in [9.17, 15) is 4.39 Å². The molecule has 28 heavy (non-hydrogen) atoms. The van der Waals surface area contributed by atoms with E-state index in [1.807, 2.05) is 6.20 Å². The van der Waals surface area contributed by atoms with Crippen molar-refractivity contribution >= 4 is 35.8 Å². The van der Waals surface area contributed by atoms with Crippen molar-refractivity contribution < 1.29 is 4.39 Å². The highest BCUT2D eigenvalue weighted by Crippen LogP contribution is 2.13. The lowest BCUT2D eigenvalue weighted by Gasteiger charge is -2.33. The van der Waals surface area contributed by atoms with Gasteiger partial charge in [-0.15, -0.1) is 24.0 Å². The van der Waals surface area contributed by atoms with E-state index in [1.165, 1.54) is 12.1 Å². The number of aromatic nitrogens is 1. The van der Waals surface area contributed by atoms with Gasteiger partial charge in [-0.25, -0.2) is 9.37 Å². The average Bonchev–Trinajstić information content (AvgIpc) is 2.70. The molecular formula is C20H28FIN6. The lowest BCUT2D eigenvalue weighted by Crippen LogP contribution is -2.44. The Morgan fingerprint density at radius 3 is 2.18 bits per heavy atom. The molecule has 0 radical (unpaired) electrons. The molecule has 6 nitrogen and oxygen atoms in total. The molecule has 0 unspecified atom stereocenters. The Morgan fingerprint density at radius 1 is 1.00 bits per heavy atom. The third kappa shape index (κ3) is 6.59. The summed E-state index contributed by atoms with van der Waals surface area (Å²) >= 11 is 0. The number of hydrogen-bond donors (Lipinski definition) is 2. The Kier molecular flexibility index (Phi) is 8.91. The molecule has 1 fully saturated rings. The monoisotopic (exact) mass is 498 g/mol. The molecule has 2 heterocycles. The number of guanidine groups is 1. The van der Waals surface area contributed by atoms with Crippen LogP contribution < -0.4 is 15.5 Å². The summed E-state index contributed by atoms with van der Waals surface area (Å²) in [5, 5.41) is 6.50. The molecule has 0 aliphatic carbocycles. The number of benzene rings is 1. The predicted molar refractivity (Wildman–Crippen MR) is 123 cm³/mol. The fourth-order valence-corrected chi connectivity index (χ4v) is 2.94. The van der Waals surface area contributed by atoms with E-state index in [-0.39, 0.29) is 29.8 Å². The molecule has 1 saturated heterocycles. The number of aliphatic imine (C=N–C) groups is 1. The second-order valence-corrected chi connectivity index (χ2v) is 6.72. The first-order valence-electron chi connectivity index (χ1n) is 9.21. The first-order valence-corrected chi connectivity index (χ1v) is 9.21. The van der Waals surface area contributed by atoms with Crippen molar-refractivity contribution in [2.24, 2.45) is 4.99 Å². The Balaban J connectivity index is 0.00000280. The van der Waals surface area contributed by atoms with Crippen LogP contribution in [0.1, 0.15) is 11.1 Å². The van der Waals surface area contributed by atoms with Crippen LogP contribution in [-0.2, 0) is 13.1 Å². The van der Waals surface area contributed by atoms with Gasteiger partial charge >= 0.3 is 0 Å². The van der Waals surface area contributed by atoms with Gasteiger partial charge in [-0.05, 0) is 36.4 Å². The van der Waals surface area contributed by atoms with E-state index in [0.717, 1.165) is 43.1 Å². The molecule has 2 aromatic rings. The summed E-state index contributed by atoms with van der Waals surface area (Å²) in [7, 11) is 3.88. The molecule has 0 bridgehead atoms. The lowest BCUT2D eigenvalue weighted by atomic mass is 10.2. The molecule has 1 aliphatic rings. The van der Waals surface area contributed by atoms with E-state index >= 15 is 0 Å². The van der Waals surface area contributed by atoms with Crippen molar-refractivity contribution in [2.75, 3.05) is 45.2 Å². The Morgan fingerprint density at radius 2 is 1.61 bits per heavy atom. The van der Waals surface area contributed by atoms with Crippen LogP contribution >= 0.6 is 24.0 Å². The zero-order valence-electron chi connectivity index (χ0n) is 16.4. The molecule has 0 atom stereocenters. The van der Waals surface area contributed by atoms with Crippen molar-refractivity contribution in [2.45, 2.75) is 13.1 Å². The predicted octanol–water partition coefficient (Wildman–Crippen LogP) is 2.46. The van der Waals surface area contributed by atoms with E-state index in [0.29, 0.717) is 19.0 Å². The fraction of sp³-hybridized carbons (Fsp3) is 0.400. The van der Waals surface area contributed by atoms with Crippen LogP contribution in [0.4, 0.5) is 10.2 Å². The second-order valence-electron chi connectivity index (χ2n) is 6.72. The molecule has 0 saturated carbocycles. The smallest absolute Gasteiger partial charge is 0.191 e. The van der Waals surface area contributed by atoms with Gasteiger partial charge in [-0.2, -0.15) is 0 Å². The first-order chi connectivity index (χ1) is 13.1. The molecule has 8 heteroatoms. The molecule has 0 amide bonds. The number of rotatable bonds is 5. The minimum absolute atomic E-state index is 0. The largest absolute Gasteiger partial charge is 0.354 e. The highest BCUT2D eigenvalue weighted by Gasteiger charge is 2.14. The van der Waals surface area contributed by atoms with Crippen LogP contribution in [-0.4, -0.2) is 56.1 Å². The van der Waals surface area contributed by atoms with Crippen LogP contribution in [0.2, 0.25) is 0 Å². The van der Waals surface area contributed by atoms with Crippen LogP contribution in [0.5, 0.6) is 0 Å². The molecule has 1 aromatic carbocycles. The summed E-state index contributed by atoms with van der Waals surface area (Å²) < 4.78 is 13.0. The van der Waals surface area contributed by atoms with Crippen LogP contribution in [0.15, 0.2) is 47.6 Å². The zero-order valence-corrected chi connectivity index (χ0v) is 18.7. The van der Waals surface area contributed by atoms with Crippen LogP contribution in [0.3, 0.4) is 0 Å². The van der Waals surface area contributed by atoms with Gasteiger partial charge < -0.3 is 20.4 Å². The van der Waals surface area contributed by atoms with Crippen LogP contribution in [0.25, 0.3) is 0 Å². The minimum atomic E-state index is -0.228. The van der Waals surface area contributed by atoms with E-state index in [1.54, 1.807) is 19.2 Å². The quantitative estimate of drug-likeness (QED) is 0.377. The standard InChI is InChI=1S/C20H27FN6.HI/c1-22-20(24-13-16-3-6-18(21)7-4-16)25-15-17-5-8-19(23-14-17)27-11-9-26(2)10-12-27;/h3-8,14H,9-13,15H2,1-2H3,(H2,22,24,25);1H. The van der Waals surface area contributed by atoms with Crippen molar-refractivity contribution in [1.82, 2.24) is 20.5 Å². The number of halogens is 2. The molecule has 1 aliphatic heterocycles. The number of piperazine rings is 1. The van der Waals surface area contributed by atoms with Crippen molar-refractivity contribution in [3.8, 4) is 0 Å². The maximum Gasteiger partial charge on any atom is 0.191 e. The molecule has 3 rings (SSSR count). The molecule has 1 aromatic heterocycles. The zero-order chi connectivity index (χ0) is 19.1. The maximum atomic E-state index is 13.0. The number of hydrogen-bond acceptors (Lipinski definition) is 4. The molecule has 152 valence electrons. The summed E-state index contributed by atoms with van der Waals surface area (Å²) in [6.07, 6.45) is 1.91. The third-order valence-electron chi connectivity index (χ3n) is 4.69. The number of nitrogens with zero attached hydrogens (tertiary/aromatic N) is 4. The van der Waals surface area contributed by atoms with Gasteiger partial charge in [-0.1, -0.05) is 18.2 Å². The number of likely N-dealkylation sites (N-methyl/N-ethyl adjacent to an activating group) is 1. The Hall–Kier alpha value is -1.94. The highest BCUT2D eigenvalue weighted by atomic mass is 127. The van der Waals surface area contributed by atoms with E-state index < -0.39 is 0 Å². The third-order valence-corrected chi connectivity index (χ3v) is 4.69. The normalized spacial score (nSPS) is 15.1. The number of anilines is 1. The van der Waals surface area contributed by atoms with E-state index in [2.05, 4.69) is 49.6 Å². The summed E-state index contributed by atoms with van der Waals surface area (Å²) in [4.78, 5) is 13.5. The maximum absolute atomic E-state index is 13.0. The van der Waals surface area contributed by atoms with Gasteiger partial charge in [0.05, 0.1) is 0 Å². The lowest BCUT2D eigenvalue weighted by molar-refractivity contribution is 0.312. The summed E-state index contributed by atoms with van der Waals surface area (Å²) in [5.41, 5.74) is 2.09. The van der Waals surface area contributed by atoms with Crippen molar-refractivity contribution in [3.05, 3.63) is 59.5 Å². The Labute approximate surface area is 183 Å². The number of nitrogens with one attached hydrogen (secondary N) is 2. The fourth-order valence-electron chi connectivity index (χ4n) is 2.94. The van der Waals surface area contributed by atoms with Gasteiger partial charge in [0.1, 0.15) is 11.6 Å².